The van der Waals surface area contributed by atoms with Crippen molar-refractivity contribution in [1.82, 2.24) is 4.90 Å². The van der Waals surface area contributed by atoms with E-state index in [1.165, 1.54) is 17.6 Å². The summed E-state index contributed by atoms with van der Waals surface area (Å²) in [5.74, 6) is 1.76. The van der Waals surface area contributed by atoms with Gasteiger partial charge >= 0.3 is 6.09 Å². The zero-order valence-electron chi connectivity index (χ0n) is 20.0. The van der Waals surface area contributed by atoms with Gasteiger partial charge in [-0.3, -0.25) is 9.80 Å². The Labute approximate surface area is 206 Å². The lowest BCUT2D eigenvalue weighted by molar-refractivity contribution is 0.105. The Kier molecular flexibility index (Phi) is 6.64. The Morgan fingerprint density at radius 1 is 1.00 bits per heavy atom. The average molecular weight is 473 g/mol. The topological polar surface area (TPSA) is 73.2 Å². The minimum atomic E-state index is -0.943. The summed E-state index contributed by atoms with van der Waals surface area (Å²) >= 11 is 0. The maximum absolute atomic E-state index is 12.5. The van der Waals surface area contributed by atoms with Gasteiger partial charge in [0.25, 0.3) is 0 Å². The number of rotatable bonds is 7. The molecule has 1 saturated heterocycles. The number of phenols is 1. The average Bonchev–Trinajstić information content (AvgIpc) is 3.10. The molecule has 6 nitrogen and oxygen atoms in total. The molecule has 2 N–H and O–H groups in total. The van der Waals surface area contributed by atoms with Crippen molar-refractivity contribution in [3.05, 3.63) is 78.4 Å². The van der Waals surface area contributed by atoms with Crippen LogP contribution in [0.25, 0.3) is 11.1 Å². The number of hydrogen-bond acceptors (Lipinski definition) is 4. The third-order valence-electron chi connectivity index (χ3n) is 7.66. The van der Waals surface area contributed by atoms with Gasteiger partial charge in [0.15, 0.2) is 11.5 Å². The number of methoxy groups -OCH3 is 1. The van der Waals surface area contributed by atoms with E-state index in [0.29, 0.717) is 35.7 Å². The maximum atomic E-state index is 12.5. The van der Waals surface area contributed by atoms with Gasteiger partial charge in [0.05, 0.1) is 12.8 Å². The van der Waals surface area contributed by atoms with Crippen molar-refractivity contribution in [2.75, 3.05) is 31.6 Å². The van der Waals surface area contributed by atoms with E-state index in [9.17, 15) is 15.0 Å². The van der Waals surface area contributed by atoms with Crippen LogP contribution >= 0.6 is 0 Å². The molecule has 2 unspecified atom stereocenters. The molecule has 5 rings (SSSR count). The molecule has 0 radical (unpaired) electrons. The van der Waals surface area contributed by atoms with Gasteiger partial charge in [-0.15, -0.1) is 0 Å². The summed E-state index contributed by atoms with van der Waals surface area (Å²) in [5, 5.41) is 20.6. The zero-order chi connectivity index (χ0) is 24.4. The van der Waals surface area contributed by atoms with Gasteiger partial charge in [-0.05, 0) is 59.9 Å². The number of piperidine rings is 1. The van der Waals surface area contributed by atoms with Crippen molar-refractivity contribution in [3.8, 4) is 22.6 Å². The van der Waals surface area contributed by atoms with Gasteiger partial charge in [-0.1, -0.05) is 54.6 Å². The standard InChI is InChI=1S/C29H32N2O4/c1-35-28-14-13-21(15-27(28)32)24-9-5-6-10-26(24)31(29(33)34)19-25-22-11-12-23(25)18-30(17-22)16-20-7-3-2-4-8-20/h2-10,13-15,22-23,25,32H,11-12,16-19H2,1H3,(H,33,34). The van der Waals surface area contributed by atoms with E-state index in [-0.39, 0.29) is 5.75 Å². The van der Waals surface area contributed by atoms with Crippen LogP contribution in [-0.4, -0.2) is 48.0 Å². The minimum Gasteiger partial charge on any atom is -0.504 e. The molecule has 0 aromatic heterocycles. The number of carboxylic acid groups (broad SMARTS) is 1. The number of hydrogen-bond donors (Lipinski definition) is 2. The van der Waals surface area contributed by atoms with Gasteiger partial charge < -0.3 is 14.9 Å². The molecule has 1 saturated carbocycles. The van der Waals surface area contributed by atoms with Crippen molar-refractivity contribution < 1.29 is 19.7 Å². The van der Waals surface area contributed by atoms with E-state index >= 15 is 0 Å². The van der Waals surface area contributed by atoms with Gasteiger partial charge in [0.1, 0.15) is 0 Å². The number of nitrogens with zero attached hydrogens (tertiary/aromatic N) is 2. The summed E-state index contributed by atoms with van der Waals surface area (Å²) in [4.78, 5) is 16.6. The van der Waals surface area contributed by atoms with Crippen molar-refractivity contribution in [2.45, 2.75) is 19.4 Å². The largest absolute Gasteiger partial charge is 0.504 e. The van der Waals surface area contributed by atoms with E-state index < -0.39 is 6.09 Å². The highest BCUT2D eigenvalue weighted by molar-refractivity contribution is 5.93. The lowest BCUT2D eigenvalue weighted by Crippen LogP contribution is -2.47. The molecule has 2 bridgehead atoms. The number of anilines is 1. The summed E-state index contributed by atoms with van der Waals surface area (Å²) in [6.45, 7) is 3.46. The Morgan fingerprint density at radius 2 is 1.69 bits per heavy atom. The maximum Gasteiger partial charge on any atom is 0.411 e. The Bertz CT molecular complexity index is 1170. The number of ether oxygens (including phenoxy) is 1. The van der Waals surface area contributed by atoms with Crippen LogP contribution < -0.4 is 9.64 Å². The number of para-hydroxylation sites is 1. The highest BCUT2D eigenvalue weighted by Gasteiger charge is 2.43. The second-order valence-electron chi connectivity index (χ2n) is 9.74. The van der Waals surface area contributed by atoms with E-state index in [1.807, 2.05) is 36.4 Å². The van der Waals surface area contributed by atoms with Crippen molar-refractivity contribution >= 4 is 11.8 Å². The van der Waals surface area contributed by atoms with E-state index in [2.05, 4.69) is 29.2 Å². The number of fused-ring (bicyclic) bond motifs is 2. The van der Waals surface area contributed by atoms with Crippen molar-refractivity contribution in [3.63, 3.8) is 0 Å². The molecule has 1 amide bonds. The quantitative estimate of drug-likeness (QED) is 0.461. The van der Waals surface area contributed by atoms with Gasteiger partial charge in [0, 0.05) is 31.7 Å². The molecule has 0 spiro atoms. The van der Waals surface area contributed by atoms with Crippen LogP contribution in [0.4, 0.5) is 10.5 Å². The van der Waals surface area contributed by atoms with Gasteiger partial charge in [0.2, 0.25) is 0 Å². The number of likely N-dealkylation sites (tertiary alicyclic amines) is 1. The SMILES string of the molecule is COc1ccc(-c2ccccc2N(CC2C3CCC2CN(Cc2ccccc2)C3)C(=O)O)cc1O. The first-order valence-electron chi connectivity index (χ1n) is 12.3. The van der Waals surface area contributed by atoms with Crippen LogP contribution in [0, 0.1) is 17.8 Å². The first-order chi connectivity index (χ1) is 17.0. The lowest BCUT2D eigenvalue weighted by atomic mass is 9.84. The number of phenolic OH excluding ortho intramolecular Hbond substituents is 1. The van der Waals surface area contributed by atoms with E-state index in [0.717, 1.165) is 43.6 Å². The molecule has 35 heavy (non-hydrogen) atoms. The third kappa shape index (κ3) is 4.84. The second-order valence-corrected chi connectivity index (χ2v) is 9.74. The summed E-state index contributed by atoms with van der Waals surface area (Å²) in [5.41, 5.74) is 3.51. The third-order valence-corrected chi connectivity index (χ3v) is 7.66. The second kappa shape index (κ2) is 10.0. The first kappa shape index (κ1) is 23.2. The molecule has 6 heteroatoms. The smallest absolute Gasteiger partial charge is 0.411 e. The number of aromatic hydroxyl groups is 1. The Morgan fingerprint density at radius 3 is 2.34 bits per heavy atom. The first-order valence-corrected chi connectivity index (χ1v) is 12.3. The number of benzene rings is 3. The minimum absolute atomic E-state index is 0.0329. The summed E-state index contributed by atoms with van der Waals surface area (Å²) in [7, 11) is 1.51. The molecule has 1 heterocycles. The van der Waals surface area contributed by atoms with Crippen LogP contribution in [0.2, 0.25) is 0 Å². The highest BCUT2D eigenvalue weighted by atomic mass is 16.5. The Hall–Kier alpha value is -3.51. The Balaban J connectivity index is 1.37. The van der Waals surface area contributed by atoms with E-state index in [4.69, 9.17) is 4.74 Å². The van der Waals surface area contributed by atoms with Crippen molar-refractivity contribution in [2.24, 2.45) is 17.8 Å². The normalized spacial score (nSPS) is 21.6. The fraction of sp³-hybridized carbons (Fsp3) is 0.345. The monoisotopic (exact) mass is 472 g/mol. The van der Waals surface area contributed by atoms with Crippen molar-refractivity contribution in [1.29, 1.82) is 0 Å². The molecule has 2 fully saturated rings. The van der Waals surface area contributed by atoms with Gasteiger partial charge in [-0.25, -0.2) is 4.79 Å². The molecule has 2 aliphatic rings. The van der Waals surface area contributed by atoms with Gasteiger partial charge in [-0.2, -0.15) is 0 Å². The lowest BCUT2D eigenvalue weighted by Gasteiger charge is -2.40. The van der Waals surface area contributed by atoms with E-state index in [1.54, 1.807) is 12.1 Å². The predicted octanol–water partition coefficient (Wildman–Crippen LogP) is 5.71. The molecule has 182 valence electrons. The van der Waals surface area contributed by atoms with Crippen LogP contribution in [0.3, 0.4) is 0 Å². The fourth-order valence-corrected chi connectivity index (χ4v) is 6.00. The van der Waals surface area contributed by atoms with Crippen LogP contribution in [0.15, 0.2) is 72.8 Å². The predicted molar refractivity (Wildman–Crippen MR) is 137 cm³/mol. The van der Waals surface area contributed by atoms with Crippen LogP contribution in [0.5, 0.6) is 11.5 Å². The number of amides is 1. The molecule has 1 aliphatic carbocycles. The molecular weight excluding hydrogens is 440 g/mol. The summed E-state index contributed by atoms with van der Waals surface area (Å²) < 4.78 is 5.17. The molecule has 2 atom stereocenters. The summed E-state index contributed by atoms with van der Waals surface area (Å²) in [6.07, 6.45) is 1.37. The zero-order valence-corrected chi connectivity index (χ0v) is 20.0. The van der Waals surface area contributed by atoms with Crippen LogP contribution in [-0.2, 0) is 6.54 Å². The summed E-state index contributed by atoms with van der Waals surface area (Å²) in [6, 6.07) is 23.3. The molecular formula is C29H32N2O4. The molecule has 1 aliphatic heterocycles. The van der Waals surface area contributed by atoms with Crippen LogP contribution in [0.1, 0.15) is 18.4 Å². The molecule has 3 aromatic rings. The fourth-order valence-electron chi connectivity index (χ4n) is 6.00. The highest BCUT2D eigenvalue weighted by Crippen LogP contribution is 2.44. The number of carbonyl (C=O) groups is 1. The molecule has 3 aromatic carbocycles.